The van der Waals surface area contributed by atoms with Crippen LogP contribution in [0.2, 0.25) is 0 Å². The first kappa shape index (κ1) is 9.44. The molecule has 1 saturated heterocycles. The molecular weight excluding hydrogens is 164 g/mol. The summed E-state index contributed by atoms with van der Waals surface area (Å²) >= 11 is 0. The van der Waals surface area contributed by atoms with Crippen LogP contribution < -0.4 is 5.32 Å². The summed E-state index contributed by atoms with van der Waals surface area (Å²) in [4.78, 5) is 2.46. The Balaban J connectivity index is 1.88. The summed E-state index contributed by atoms with van der Waals surface area (Å²) in [5.41, 5.74) is 0. The normalized spacial score (nSPS) is 37.6. The van der Waals surface area contributed by atoms with E-state index in [0.717, 1.165) is 32.6 Å². The van der Waals surface area contributed by atoms with Crippen molar-refractivity contribution >= 4 is 0 Å². The molecule has 1 heterocycles. The molecule has 2 N–H and O–H groups in total. The van der Waals surface area contributed by atoms with Gasteiger partial charge in [-0.3, -0.25) is 4.90 Å². The SMILES string of the molecule is O[C@@H]1CCCC[C@@H]1N1CCNCC1. The Kier molecular flexibility index (Phi) is 3.19. The first-order valence-electron chi connectivity index (χ1n) is 5.51. The van der Waals surface area contributed by atoms with Gasteiger partial charge < -0.3 is 10.4 Å². The lowest BCUT2D eigenvalue weighted by molar-refractivity contribution is 0.0145. The van der Waals surface area contributed by atoms with Crippen molar-refractivity contribution in [3.8, 4) is 0 Å². The van der Waals surface area contributed by atoms with Crippen LogP contribution in [0.5, 0.6) is 0 Å². The average molecular weight is 184 g/mol. The molecule has 1 aliphatic carbocycles. The van der Waals surface area contributed by atoms with E-state index in [0.29, 0.717) is 6.04 Å². The topological polar surface area (TPSA) is 35.5 Å². The van der Waals surface area contributed by atoms with Gasteiger partial charge in [-0.25, -0.2) is 0 Å². The minimum atomic E-state index is -0.0631. The average Bonchev–Trinajstić information content (AvgIpc) is 2.20. The summed E-state index contributed by atoms with van der Waals surface area (Å²) in [6.45, 7) is 4.40. The predicted molar refractivity (Wildman–Crippen MR) is 52.7 cm³/mol. The minimum Gasteiger partial charge on any atom is -0.391 e. The molecule has 3 nitrogen and oxygen atoms in total. The van der Waals surface area contributed by atoms with Crippen molar-refractivity contribution in [1.29, 1.82) is 0 Å². The third kappa shape index (κ3) is 2.22. The van der Waals surface area contributed by atoms with E-state index in [-0.39, 0.29) is 6.10 Å². The van der Waals surface area contributed by atoms with E-state index in [4.69, 9.17) is 0 Å². The molecule has 0 spiro atoms. The van der Waals surface area contributed by atoms with Crippen LogP contribution in [-0.2, 0) is 0 Å². The van der Waals surface area contributed by atoms with Gasteiger partial charge in [-0.15, -0.1) is 0 Å². The molecule has 0 bridgehead atoms. The van der Waals surface area contributed by atoms with Gasteiger partial charge in [0.1, 0.15) is 0 Å². The molecule has 2 fully saturated rings. The van der Waals surface area contributed by atoms with Gasteiger partial charge in [-0.1, -0.05) is 12.8 Å². The molecule has 2 rings (SSSR count). The Morgan fingerprint density at radius 3 is 2.46 bits per heavy atom. The van der Waals surface area contributed by atoms with Crippen LogP contribution in [0.1, 0.15) is 25.7 Å². The Bertz CT molecular complexity index is 157. The lowest BCUT2D eigenvalue weighted by Crippen LogP contribution is -2.53. The van der Waals surface area contributed by atoms with Gasteiger partial charge in [0.25, 0.3) is 0 Å². The first-order chi connectivity index (χ1) is 6.38. The first-order valence-corrected chi connectivity index (χ1v) is 5.51. The highest BCUT2D eigenvalue weighted by Gasteiger charge is 2.28. The van der Waals surface area contributed by atoms with Gasteiger partial charge in [-0.2, -0.15) is 0 Å². The van der Waals surface area contributed by atoms with E-state index in [1.165, 1.54) is 19.3 Å². The van der Waals surface area contributed by atoms with Gasteiger partial charge in [0, 0.05) is 32.2 Å². The Labute approximate surface area is 80.1 Å². The lowest BCUT2D eigenvalue weighted by atomic mass is 9.91. The second-order valence-corrected chi connectivity index (χ2v) is 4.21. The van der Waals surface area contributed by atoms with Crippen molar-refractivity contribution in [2.75, 3.05) is 26.2 Å². The minimum absolute atomic E-state index is 0.0631. The van der Waals surface area contributed by atoms with Gasteiger partial charge in [0.05, 0.1) is 6.10 Å². The number of hydrogen-bond acceptors (Lipinski definition) is 3. The molecule has 0 aromatic rings. The van der Waals surface area contributed by atoms with Gasteiger partial charge in [0.15, 0.2) is 0 Å². The third-order valence-electron chi connectivity index (χ3n) is 3.31. The molecule has 13 heavy (non-hydrogen) atoms. The number of aliphatic hydroxyl groups excluding tert-OH is 1. The molecule has 3 heteroatoms. The summed E-state index contributed by atoms with van der Waals surface area (Å²) in [7, 11) is 0. The fourth-order valence-corrected chi connectivity index (χ4v) is 2.53. The molecule has 0 unspecified atom stereocenters. The number of rotatable bonds is 1. The van der Waals surface area contributed by atoms with Crippen LogP contribution in [0.3, 0.4) is 0 Å². The van der Waals surface area contributed by atoms with Crippen LogP contribution in [0.4, 0.5) is 0 Å². The summed E-state index contributed by atoms with van der Waals surface area (Å²) in [6, 6.07) is 0.454. The largest absolute Gasteiger partial charge is 0.391 e. The fourth-order valence-electron chi connectivity index (χ4n) is 2.53. The second-order valence-electron chi connectivity index (χ2n) is 4.21. The van der Waals surface area contributed by atoms with Gasteiger partial charge in [-0.05, 0) is 12.8 Å². The lowest BCUT2D eigenvalue weighted by Gasteiger charge is -2.39. The van der Waals surface area contributed by atoms with Gasteiger partial charge in [0.2, 0.25) is 0 Å². The van der Waals surface area contributed by atoms with Crippen molar-refractivity contribution in [1.82, 2.24) is 10.2 Å². The number of nitrogens with zero attached hydrogens (tertiary/aromatic N) is 1. The van der Waals surface area contributed by atoms with E-state index < -0.39 is 0 Å². The second kappa shape index (κ2) is 4.40. The predicted octanol–water partition coefficient (Wildman–Crippen LogP) is 0.195. The zero-order chi connectivity index (χ0) is 9.10. The molecule has 0 aromatic heterocycles. The molecule has 1 aliphatic heterocycles. The molecule has 0 aromatic carbocycles. The Morgan fingerprint density at radius 2 is 1.77 bits per heavy atom. The van der Waals surface area contributed by atoms with E-state index in [2.05, 4.69) is 10.2 Å². The van der Waals surface area contributed by atoms with Gasteiger partial charge >= 0.3 is 0 Å². The third-order valence-corrected chi connectivity index (χ3v) is 3.31. The molecular formula is C10H20N2O. The zero-order valence-corrected chi connectivity index (χ0v) is 8.21. The number of hydrogen-bond donors (Lipinski definition) is 2. The van der Waals surface area contributed by atoms with Crippen molar-refractivity contribution in [3.05, 3.63) is 0 Å². The van der Waals surface area contributed by atoms with Crippen LogP contribution in [0, 0.1) is 0 Å². The summed E-state index contributed by atoms with van der Waals surface area (Å²) < 4.78 is 0. The molecule has 76 valence electrons. The maximum absolute atomic E-state index is 9.86. The van der Waals surface area contributed by atoms with Crippen LogP contribution in [0.25, 0.3) is 0 Å². The summed E-state index contributed by atoms with van der Waals surface area (Å²) in [6.07, 6.45) is 4.65. The van der Waals surface area contributed by atoms with Crippen LogP contribution in [-0.4, -0.2) is 48.3 Å². The molecule has 1 saturated carbocycles. The molecule has 2 atom stereocenters. The van der Waals surface area contributed by atoms with Crippen molar-refractivity contribution in [3.63, 3.8) is 0 Å². The number of nitrogens with one attached hydrogen (secondary N) is 1. The standard InChI is InChI=1S/C10H20N2O/c13-10-4-2-1-3-9(10)12-7-5-11-6-8-12/h9-11,13H,1-8H2/t9-,10+/m0/s1. The van der Waals surface area contributed by atoms with Crippen LogP contribution in [0.15, 0.2) is 0 Å². The van der Waals surface area contributed by atoms with E-state index >= 15 is 0 Å². The Hall–Kier alpha value is -0.120. The van der Waals surface area contributed by atoms with Crippen molar-refractivity contribution < 1.29 is 5.11 Å². The van der Waals surface area contributed by atoms with E-state index in [9.17, 15) is 5.11 Å². The van der Waals surface area contributed by atoms with E-state index in [1.54, 1.807) is 0 Å². The fraction of sp³-hybridized carbons (Fsp3) is 1.00. The maximum Gasteiger partial charge on any atom is 0.0695 e. The summed E-state index contributed by atoms with van der Waals surface area (Å²) in [5.74, 6) is 0. The Morgan fingerprint density at radius 1 is 1.08 bits per heavy atom. The highest BCUT2D eigenvalue weighted by atomic mass is 16.3. The van der Waals surface area contributed by atoms with Crippen molar-refractivity contribution in [2.45, 2.75) is 37.8 Å². The smallest absolute Gasteiger partial charge is 0.0695 e. The highest BCUT2D eigenvalue weighted by molar-refractivity contribution is 4.85. The quantitative estimate of drug-likeness (QED) is 0.611. The number of piperazine rings is 1. The van der Waals surface area contributed by atoms with Crippen molar-refractivity contribution in [2.24, 2.45) is 0 Å². The molecule has 2 aliphatic rings. The van der Waals surface area contributed by atoms with E-state index in [1.807, 2.05) is 0 Å². The molecule has 0 radical (unpaired) electrons. The maximum atomic E-state index is 9.86. The molecule has 0 amide bonds. The highest BCUT2D eigenvalue weighted by Crippen LogP contribution is 2.23. The zero-order valence-electron chi connectivity index (χ0n) is 8.21. The van der Waals surface area contributed by atoms with Crippen LogP contribution >= 0.6 is 0 Å². The summed E-state index contributed by atoms with van der Waals surface area (Å²) in [5, 5.41) is 13.2. The number of aliphatic hydroxyl groups is 1. The monoisotopic (exact) mass is 184 g/mol.